The van der Waals surface area contributed by atoms with Gasteiger partial charge in [0.25, 0.3) is 5.91 Å². The molecule has 0 N–H and O–H groups in total. The van der Waals surface area contributed by atoms with E-state index in [0.29, 0.717) is 17.0 Å². The van der Waals surface area contributed by atoms with Crippen molar-refractivity contribution in [2.24, 2.45) is 5.10 Å². The van der Waals surface area contributed by atoms with Crippen LogP contribution in [0, 0.1) is 6.92 Å². The summed E-state index contributed by atoms with van der Waals surface area (Å²) >= 11 is 0. The van der Waals surface area contributed by atoms with Crippen molar-refractivity contribution < 1.29 is 9.53 Å². The van der Waals surface area contributed by atoms with Crippen LogP contribution in [0.3, 0.4) is 0 Å². The number of hydrogen-bond acceptors (Lipinski definition) is 4. The number of nitrogens with zero attached hydrogens (tertiary/aromatic N) is 4. The molecule has 5 aromatic rings. The second-order valence-corrected chi connectivity index (χ2v) is 10.2. The molecule has 0 aliphatic carbocycles. The topological polar surface area (TPSA) is 59.7 Å². The number of anilines is 1. The molecule has 1 aromatic heterocycles. The van der Waals surface area contributed by atoms with E-state index in [-0.39, 0.29) is 12.0 Å². The fourth-order valence-electron chi connectivity index (χ4n) is 4.87. The third kappa shape index (κ3) is 5.32. The zero-order valence-electron chi connectivity index (χ0n) is 23.2. The minimum absolute atomic E-state index is 0.0776. The van der Waals surface area contributed by atoms with Gasteiger partial charge in [-0.2, -0.15) is 15.2 Å². The number of ether oxygens (including phenoxy) is 1. The second kappa shape index (κ2) is 11.1. The molecule has 6 rings (SSSR count). The van der Waals surface area contributed by atoms with Crippen molar-refractivity contribution in [3.63, 3.8) is 0 Å². The summed E-state index contributed by atoms with van der Waals surface area (Å²) in [6.07, 6.45) is 3.95. The van der Waals surface area contributed by atoms with Crippen molar-refractivity contribution in [3.05, 3.63) is 138 Å². The molecule has 0 bridgehead atoms. The number of amides is 1. The van der Waals surface area contributed by atoms with E-state index in [4.69, 9.17) is 14.9 Å². The number of benzene rings is 4. The Balaban J connectivity index is 1.50. The van der Waals surface area contributed by atoms with E-state index in [2.05, 4.69) is 6.07 Å². The average molecular weight is 539 g/mol. The van der Waals surface area contributed by atoms with Gasteiger partial charge in [-0.25, -0.2) is 4.68 Å². The molecular formula is C35H30N4O2. The third-order valence-corrected chi connectivity index (χ3v) is 6.80. The summed E-state index contributed by atoms with van der Waals surface area (Å²) in [5.74, 6) is 0.652. The minimum Gasteiger partial charge on any atom is -0.491 e. The van der Waals surface area contributed by atoms with Crippen molar-refractivity contribution in [3.8, 4) is 22.7 Å². The van der Waals surface area contributed by atoms with Gasteiger partial charge in [-0.05, 0) is 74.9 Å². The number of carbonyl (C=O) groups excluding carboxylic acids is 1. The molecule has 0 radical (unpaired) electrons. The Labute approximate surface area is 239 Å². The Morgan fingerprint density at radius 2 is 1.41 bits per heavy atom. The lowest BCUT2D eigenvalue weighted by Crippen LogP contribution is -2.21. The molecule has 6 heteroatoms. The van der Waals surface area contributed by atoms with Gasteiger partial charge < -0.3 is 4.74 Å². The first-order valence-corrected chi connectivity index (χ1v) is 13.7. The monoisotopic (exact) mass is 538 g/mol. The highest BCUT2D eigenvalue weighted by Crippen LogP contribution is 2.33. The molecule has 4 aromatic carbocycles. The Hall–Kier alpha value is -5.23. The van der Waals surface area contributed by atoms with Crippen molar-refractivity contribution in [1.29, 1.82) is 0 Å². The van der Waals surface area contributed by atoms with Crippen molar-refractivity contribution in [1.82, 2.24) is 9.78 Å². The number of rotatable bonds is 7. The van der Waals surface area contributed by atoms with Gasteiger partial charge >= 0.3 is 0 Å². The molecule has 1 aliphatic rings. The van der Waals surface area contributed by atoms with Gasteiger partial charge in [0.05, 0.1) is 28.7 Å². The Kier molecular flexibility index (Phi) is 7.04. The van der Waals surface area contributed by atoms with Gasteiger partial charge in [-0.1, -0.05) is 66.7 Å². The summed E-state index contributed by atoms with van der Waals surface area (Å²) in [4.78, 5) is 13.9. The summed E-state index contributed by atoms with van der Waals surface area (Å²) in [6, 6.07) is 35.3. The van der Waals surface area contributed by atoms with E-state index in [9.17, 15) is 4.79 Å². The van der Waals surface area contributed by atoms with E-state index in [0.717, 1.165) is 39.4 Å². The predicted molar refractivity (Wildman–Crippen MR) is 164 cm³/mol. The van der Waals surface area contributed by atoms with E-state index < -0.39 is 0 Å². The lowest BCUT2D eigenvalue weighted by Gasteiger charge is -2.13. The van der Waals surface area contributed by atoms with Crippen LogP contribution in [0.2, 0.25) is 0 Å². The van der Waals surface area contributed by atoms with Gasteiger partial charge in [0.1, 0.15) is 11.5 Å². The van der Waals surface area contributed by atoms with E-state index in [1.165, 1.54) is 5.01 Å². The molecule has 1 aliphatic heterocycles. The van der Waals surface area contributed by atoms with E-state index in [1.54, 1.807) is 0 Å². The first-order chi connectivity index (χ1) is 20.0. The lowest BCUT2D eigenvalue weighted by molar-refractivity contribution is -0.114. The third-order valence-electron chi connectivity index (χ3n) is 6.80. The molecule has 202 valence electrons. The maximum Gasteiger partial charge on any atom is 0.281 e. The predicted octanol–water partition coefficient (Wildman–Crippen LogP) is 7.47. The van der Waals surface area contributed by atoms with E-state index >= 15 is 0 Å². The second-order valence-electron chi connectivity index (χ2n) is 10.2. The van der Waals surface area contributed by atoms with Crippen LogP contribution in [0.4, 0.5) is 5.69 Å². The van der Waals surface area contributed by atoms with Crippen LogP contribution in [-0.4, -0.2) is 27.5 Å². The van der Waals surface area contributed by atoms with Gasteiger partial charge in [-0.15, -0.1) is 0 Å². The lowest BCUT2D eigenvalue weighted by atomic mass is 9.98. The van der Waals surface area contributed by atoms with Crippen LogP contribution in [0.15, 0.2) is 126 Å². The fourth-order valence-corrected chi connectivity index (χ4v) is 4.87. The van der Waals surface area contributed by atoms with Crippen LogP contribution in [0.5, 0.6) is 5.75 Å². The molecule has 2 heterocycles. The van der Waals surface area contributed by atoms with Crippen LogP contribution in [0.25, 0.3) is 23.0 Å². The SMILES string of the molecule is Cc1cc(-c2nn(-c3ccccc3)cc2C=C2C(=O)N(c3ccccc3)N=C2c2ccccc2)ccc1OC(C)C. The smallest absolute Gasteiger partial charge is 0.281 e. The summed E-state index contributed by atoms with van der Waals surface area (Å²) in [6.45, 7) is 6.07. The summed E-state index contributed by atoms with van der Waals surface area (Å²) in [5.41, 5.74) is 7.16. The zero-order chi connectivity index (χ0) is 28.3. The number of hydrazone groups is 1. The minimum atomic E-state index is -0.190. The fraction of sp³-hybridized carbons (Fsp3) is 0.114. The summed E-state index contributed by atoms with van der Waals surface area (Å²) < 4.78 is 7.83. The zero-order valence-corrected chi connectivity index (χ0v) is 23.2. The molecule has 0 atom stereocenters. The molecule has 6 nitrogen and oxygen atoms in total. The number of hydrogen-bond donors (Lipinski definition) is 0. The van der Waals surface area contributed by atoms with Gasteiger partial charge in [0, 0.05) is 22.9 Å². The maximum absolute atomic E-state index is 13.9. The van der Waals surface area contributed by atoms with Gasteiger partial charge in [-0.3, -0.25) is 4.79 Å². The van der Waals surface area contributed by atoms with Crippen molar-refractivity contribution in [2.75, 3.05) is 5.01 Å². The molecular weight excluding hydrogens is 508 g/mol. The molecule has 0 unspecified atom stereocenters. The van der Waals surface area contributed by atoms with Crippen LogP contribution >= 0.6 is 0 Å². The quantitative estimate of drug-likeness (QED) is 0.202. The van der Waals surface area contributed by atoms with Crippen molar-refractivity contribution in [2.45, 2.75) is 26.9 Å². The number of carbonyl (C=O) groups is 1. The molecule has 0 fully saturated rings. The van der Waals surface area contributed by atoms with Gasteiger partial charge in [0.15, 0.2) is 0 Å². The van der Waals surface area contributed by atoms with Gasteiger partial charge in [0.2, 0.25) is 0 Å². The number of para-hydroxylation sites is 2. The maximum atomic E-state index is 13.9. The highest BCUT2D eigenvalue weighted by atomic mass is 16.5. The number of aryl methyl sites for hydroxylation is 1. The van der Waals surface area contributed by atoms with Crippen LogP contribution in [0.1, 0.15) is 30.5 Å². The molecule has 0 saturated carbocycles. The number of aromatic nitrogens is 2. The summed E-state index contributed by atoms with van der Waals surface area (Å²) in [5, 5.41) is 11.3. The Bertz CT molecular complexity index is 1750. The summed E-state index contributed by atoms with van der Waals surface area (Å²) in [7, 11) is 0. The molecule has 0 spiro atoms. The van der Waals surface area contributed by atoms with E-state index in [1.807, 2.05) is 141 Å². The normalized spacial score (nSPS) is 14.1. The standard InChI is InChI=1S/C35H30N4O2/c1-24(2)41-32-20-19-27(21-25(32)3)33-28(23-38(36-33)29-15-9-5-10-16-29)22-31-34(26-13-7-4-8-14-26)37-39(35(31)40)30-17-11-6-12-18-30/h4-24H,1-3H3. The Morgan fingerprint density at radius 1 is 0.780 bits per heavy atom. The molecule has 1 amide bonds. The van der Waals surface area contributed by atoms with Crippen LogP contribution in [-0.2, 0) is 4.79 Å². The largest absolute Gasteiger partial charge is 0.491 e. The highest BCUT2D eigenvalue weighted by Gasteiger charge is 2.32. The Morgan fingerprint density at radius 3 is 2.05 bits per heavy atom. The van der Waals surface area contributed by atoms with Crippen LogP contribution < -0.4 is 9.75 Å². The average Bonchev–Trinajstić information content (AvgIpc) is 3.57. The molecule has 0 saturated heterocycles. The first-order valence-electron chi connectivity index (χ1n) is 13.7. The highest BCUT2D eigenvalue weighted by molar-refractivity contribution is 6.37. The molecule has 41 heavy (non-hydrogen) atoms. The first kappa shape index (κ1) is 26.0. The van der Waals surface area contributed by atoms with Crippen molar-refractivity contribution >= 4 is 23.4 Å².